The summed E-state index contributed by atoms with van der Waals surface area (Å²) in [6, 6.07) is 0. The van der Waals surface area contributed by atoms with Gasteiger partial charge in [0.25, 0.3) is 0 Å². The summed E-state index contributed by atoms with van der Waals surface area (Å²) in [5, 5.41) is 0. The molecule has 0 saturated heterocycles. The van der Waals surface area contributed by atoms with E-state index in [-0.39, 0.29) is 0 Å². The van der Waals surface area contributed by atoms with Crippen molar-refractivity contribution in [2.75, 3.05) is 19.6 Å². The van der Waals surface area contributed by atoms with Crippen molar-refractivity contribution in [3.05, 3.63) is 19.1 Å². The van der Waals surface area contributed by atoms with E-state index in [2.05, 4.69) is 35.8 Å². The molecule has 0 N–H and O–H groups in total. The minimum Gasteiger partial charge on any atom is -0.288 e. The van der Waals surface area contributed by atoms with Gasteiger partial charge in [-0.05, 0) is 6.42 Å². The van der Waals surface area contributed by atoms with E-state index in [0.29, 0.717) is 0 Å². The molecule has 0 fully saturated rings. The molecular formula is C9H12N. The monoisotopic (exact) mass is 134 g/mol. The summed E-state index contributed by atoms with van der Waals surface area (Å²) in [6.45, 7) is 6.53. The van der Waals surface area contributed by atoms with Crippen LogP contribution in [0, 0.1) is 18.8 Å². The molecule has 0 aromatic heterocycles. The third-order valence-corrected chi connectivity index (χ3v) is 1.57. The SMILES string of the molecule is [CH2]C#CCN1CC=CCC1. The molecule has 0 aromatic carbocycles. The highest BCUT2D eigenvalue weighted by Gasteiger charge is 2.01. The summed E-state index contributed by atoms with van der Waals surface area (Å²) < 4.78 is 0. The lowest BCUT2D eigenvalue weighted by Crippen LogP contribution is -2.27. The molecule has 1 aliphatic heterocycles. The Bertz CT molecular complexity index is 171. The number of rotatable bonds is 1. The second kappa shape index (κ2) is 4.14. The summed E-state index contributed by atoms with van der Waals surface area (Å²) in [4.78, 5) is 2.30. The fourth-order valence-corrected chi connectivity index (χ4v) is 1.00. The molecule has 1 nitrogen and oxygen atoms in total. The third-order valence-electron chi connectivity index (χ3n) is 1.57. The molecule has 0 unspecified atom stereocenters. The molecule has 0 aliphatic carbocycles. The predicted molar refractivity (Wildman–Crippen MR) is 43.3 cm³/mol. The molecule has 0 saturated carbocycles. The van der Waals surface area contributed by atoms with Crippen LogP contribution < -0.4 is 0 Å². The molecule has 0 atom stereocenters. The van der Waals surface area contributed by atoms with Gasteiger partial charge in [0.2, 0.25) is 0 Å². The highest BCUT2D eigenvalue weighted by molar-refractivity contribution is 5.05. The molecule has 0 spiro atoms. The van der Waals surface area contributed by atoms with Crippen LogP contribution in [-0.4, -0.2) is 24.5 Å². The molecule has 1 rings (SSSR count). The first-order chi connectivity index (χ1) is 4.93. The standard InChI is InChI=1S/C9H12N/c1-2-3-7-10-8-5-4-6-9-10/h4-5H,1,6-9H2. The van der Waals surface area contributed by atoms with Crippen LogP contribution in [0.1, 0.15) is 6.42 Å². The molecule has 1 heteroatoms. The first kappa shape index (κ1) is 7.37. The predicted octanol–water partition coefficient (Wildman–Crippen LogP) is 1.09. The van der Waals surface area contributed by atoms with Gasteiger partial charge in [0.1, 0.15) is 0 Å². The number of hydrogen-bond donors (Lipinski definition) is 0. The van der Waals surface area contributed by atoms with Crippen molar-refractivity contribution >= 4 is 0 Å². The van der Waals surface area contributed by atoms with E-state index >= 15 is 0 Å². The normalized spacial score (nSPS) is 18.1. The average Bonchev–Trinajstić information content (AvgIpc) is 2.03. The van der Waals surface area contributed by atoms with Crippen molar-refractivity contribution in [3.63, 3.8) is 0 Å². The first-order valence-electron chi connectivity index (χ1n) is 3.56. The molecule has 0 amide bonds. The molecule has 10 heavy (non-hydrogen) atoms. The molecule has 1 heterocycles. The molecule has 1 aliphatic rings. The van der Waals surface area contributed by atoms with Crippen LogP contribution in [0.3, 0.4) is 0 Å². The van der Waals surface area contributed by atoms with Gasteiger partial charge < -0.3 is 0 Å². The van der Waals surface area contributed by atoms with Crippen molar-refractivity contribution in [3.8, 4) is 11.8 Å². The maximum atomic E-state index is 3.46. The maximum absolute atomic E-state index is 3.46. The first-order valence-corrected chi connectivity index (χ1v) is 3.56. The highest BCUT2D eigenvalue weighted by atomic mass is 15.1. The van der Waals surface area contributed by atoms with Crippen LogP contribution in [0.5, 0.6) is 0 Å². The summed E-state index contributed by atoms with van der Waals surface area (Å²) in [6.07, 6.45) is 5.57. The lowest BCUT2D eigenvalue weighted by atomic mass is 10.2. The third kappa shape index (κ3) is 2.24. The Morgan fingerprint density at radius 1 is 1.50 bits per heavy atom. The second-order valence-corrected chi connectivity index (χ2v) is 2.35. The number of nitrogens with zero attached hydrogens (tertiary/aromatic N) is 1. The number of hydrogen-bond acceptors (Lipinski definition) is 1. The average molecular weight is 134 g/mol. The van der Waals surface area contributed by atoms with Crippen LogP contribution >= 0.6 is 0 Å². The molecule has 1 radical (unpaired) electrons. The van der Waals surface area contributed by atoms with Crippen LogP contribution in [0.2, 0.25) is 0 Å². The van der Waals surface area contributed by atoms with E-state index in [1.54, 1.807) is 0 Å². The van der Waals surface area contributed by atoms with Crippen LogP contribution in [0.4, 0.5) is 0 Å². The van der Waals surface area contributed by atoms with E-state index < -0.39 is 0 Å². The minimum atomic E-state index is 0.869. The van der Waals surface area contributed by atoms with Crippen LogP contribution in [0.15, 0.2) is 12.2 Å². The van der Waals surface area contributed by atoms with Gasteiger partial charge in [-0.25, -0.2) is 0 Å². The van der Waals surface area contributed by atoms with Crippen molar-refractivity contribution in [2.45, 2.75) is 6.42 Å². The Hall–Kier alpha value is -0.740. The fraction of sp³-hybridized carbons (Fsp3) is 0.444. The smallest absolute Gasteiger partial charge is 0.0604 e. The molecule has 0 bridgehead atoms. The van der Waals surface area contributed by atoms with Gasteiger partial charge in [0.05, 0.1) is 6.54 Å². The Morgan fingerprint density at radius 3 is 3.00 bits per heavy atom. The lowest BCUT2D eigenvalue weighted by molar-refractivity contribution is 0.336. The van der Waals surface area contributed by atoms with Gasteiger partial charge >= 0.3 is 0 Å². The van der Waals surface area contributed by atoms with E-state index in [4.69, 9.17) is 0 Å². The van der Waals surface area contributed by atoms with Crippen molar-refractivity contribution in [2.24, 2.45) is 0 Å². The molecule has 0 aromatic rings. The van der Waals surface area contributed by atoms with E-state index in [1.165, 1.54) is 6.42 Å². The lowest BCUT2D eigenvalue weighted by Gasteiger charge is -2.19. The van der Waals surface area contributed by atoms with Crippen molar-refractivity contribution in [1.29, 1.82) is 0 Å². The fourth-order valence-electron chi connectivity index (χ4n) is 1.00. The van der Waals surface area contributed by atoms with Gasteiger partial charge in [-0.15, -0.1) is 5.92 Å². The largest absolute Gasteiger partial charge is 0.288 e. The Kier molecular flexibility index (Phi) is 3.05. The zero-order valence-electron chi connectivity index (χ0n) is 6.14. The van der Waals surface area contributed by atoms with Crippen LogP contribution in [0.25, 0.3) is 0 Å². The van der Waals surface area contributed by atoms with Gasteiger partial charge in [0.15, 0.2) is 0 Å². The van der Waals surface area contributed by atoms with Crippen molar-refractivity contribution < 1.29 is 0 Å². The topological polar surface area (TPSA) is 3.24 Å². The van der Waals surface area contributed by atoms with E-state index in [1.807, 2.05) is 0 Å². The zero-order valence-corrected chi connectivity index (χ0v) is 6.14. The Labute approximate surface area is 62.7 Å². The summed E-state index contributed by atoms with van der Waals surface area (Å²) in [5.74, 6) is 5.60. The summed E-state index contributed by atoms with van der Waals surface area (Å²) in [5.41, 5.74) is 0. The second-order valence-electron chi connectivity index (χ2n) is 2.35. The molecule has 53 valence electrons. The zero-order chi connectivity index (χ0) is 7.23. The Morgan fingerprint density at radius 2 is 2.40 bits per heavy atom. The van der Waals surface area contributed by atoms with Gasteiger partial charge in [-0.3, -0.25) is 4.90 Å². The van der Waals surface area contributed by atoms with Gasteiger partial charge in [0, 0.05) is 20.0 Å². The van der Waals surface area contributed by atoms with Gasteiger partial charge in [-0.1, -0.05) is 18.1 Å². The maximum Gasteiger partial charge on any atom is 0.0604 e. The van der Waals surface area contributed by atoms with E-state index in [0.717, 1.165) is 19.6 Å². The minimum absolute atomic E-state index is 0.869. The quantitative estimate of drug-likeness (QED) is 0.383. The summed E-state index contributed by atoms with van der Waals surface area (Å²) in [7, 11) is 0. The molecular weight excluding hydrogens is 122 g/mol. The van der Waals surface area contributed by atoms with Gasteiger partial charge in [-0.2, -0.15) is 0 Å². The van der Waals surface area contributed by atoms with Crippen LogP contribution in [-0.2, 0) is 0 Å². The van der Waals surface area contributed by atoms with E-state index in [9.17, 15) is 0 Å². The Balaban J connectivity index is 2.26. The summed E-state index contributed by atoms with van der Waals surface area (Å²) >= 11 is 0. The van der Waals surface area contributed by atoms with Crippen molar-refractivity contribution in [1.82, 2.24) is 4.90 Å². The highest BCUT2D eigenvalue weighted by Crippen LogP contribution is 1.98.